The Morgan fingerprint density at radius 1 is 0.611 bits per heavy atom. The fourth-order valence-electron chi connectivity index (χ4n) is 5.41. The van der Waals surface area contributed by atoms with E-state index in [-0.39, 0.29) is 0 Å². The Morgan fingerprint density at radius 2 is 1.11 bits per heavy atom. The molecular weight excluding hydrogens is 216 g/mol. The van der Waals surface area contributed by atoms with Crippen molar-refractivity contribution in [3.8, 4) is 0 Å². The van der Waals surface area contributed by atoms with E-state index in [2.05, 4.69) is 6.92 Å². The summed E-state index contributed by atoms with van der Waals surface area (Å²) < 4.78 is 0. The van der Waals surface area contributed by atoms with Crippen LogP contribution in [-0.2, 0) is 0 Å². The molecule has 2 atom stereocenters. The lowest BCUT2D eigenvalue weighted by Gasteiger charge is -2.40. The van der Waals surface area contributed by atoms with Crippen LogP contribution in [0.15, 0.2) is 0 Å². The van der Waals surface area contributed by atoms with E-state index in [0.717, 1.165) is 23.2 Å². The summed E-state index contributed by atoms with van der Waals surface area (Å²) in [5.74, 6) is 3.31. The second kappa shape index (κ2) is 5.55. The highest BCUT2D eigenvalue weighted by Crippen LogP contribution is 2.51. The number of rotatable bonds is 1. The summed E-state index contributed by atoms with van der Waals surface area (Å²) in [6.07, 6.45) is 20.1. The number of fused-ring (bicyclic) bond motifs is 1. The van der Waals surface area contributed by atoms with Crippen LogP contribution >= 0.6 is 0 Å². The lowest BCUT2D eigenvalue weighted by Crippen LogP contribution is -2.28. The maximum absolute atomic E-state index is 2.65. The zero-order chi connectivity index (χ0) is 12.4. The maximum atomic E-state index is 2.65. The van der Waals surface area contributed by atoms with Gasteiger partial charge >= 0.3 is 0 Å². The summed E-state index contributed by atoms with van der Waals surface area (Å²) in [6.45, 7) is 2.65. The first-order chi connectivity index (χ1) is 8.78. The van der Waals surface area contributed by atoms with E-state index in [1.54, 1.807) is 51.4 Å². The predicted molar refractivity (Wildman–Crippen MR) is 78.6 cm³/mol. The molecule has 18 heavy (non-hydrogen) atoms. The van der Waals surface area contributed by atoms with E-state index in [1.165, 1.54) is 32.1 Å². The van der Waals surface area contributed by atoms with Gasteiger partial charge in [0.2, 0.25) is 0 Å². The molecule has 3 aliphatic carbocycles. The Balaban J connectivity index is 1.65. The Kier molecular flexibility index (Phi) is 4.01. The molecule has 0 heterocycles. The normalized spacial score (nSPS) is 43.2. The van der Waals surface area contributed by atoms with Crippen molar-refractivity contribution in [2.45, 2.75) is 90.4 Å². The third kappa shape index (κ3) is 2.63. The predicted octanol–water partition coefficient (Wildman–Crippen LogP) is 5.95. The van der Waals surface area contributed by atoms with Crippen molar-refractivity contribution in [3.63, 3.8) is 0 Å². The van der Waals surface area contributed by atoms with E-state index < -0.39 is 0 Å². The molecule has 0 spiro atoms. The van der Waals surface area contributed by atoms with E-state index in [9.17, 15) is 0 Å². The van der Waals surface area contributed by atoms with E-state index in [1.807, 2.05) is 0 Å². The van der Waals surface area contributed by atoms with Crippen molar-refractivity contribution in [1.29, 1.82) is 0 Å². The summed E-state index contributed by atoms with van der Waals surface area (Å²) >= 11 is 0. The van der Waals surface area contributed by atoms with Gasteiger partial charge in [0.05, 0.1) is 0 Å². The van der Waals surface area contributed by atoms with Gasteiger partial charge in [0, 0.05) is 0 Å². The lowest BCUT2D eigenvalue weighted by atomic mass is 9.66. The van der Waals surface area contributed by atoms with Gasteiger partial charge in [0.25, 0.3) is 0 Å². The molecule has 0 aromatic heterocycles. The molecule has 0 aromatic rings. The molecule has 0 bridgehead atoms. The van der Waals surface area contributed by atoms with Crippen LogP contribution in [-0.4, -0.2) is 0 Å². The molecule has 0 aromatic carbocycles. The zero-order valence-corrected chi connectivity index (χ0v) is 12.4. The van der Waals surface area contributed by atoms with Crippen LogP contribution in [0.1, 0.15) is 90.4 Å². The fraction of sp³-hybridized carbons (Fsp3) is 1.00. The fourth-order valence-corrected chi connectivity index (χ4v) is 5.41. The molecule has 3 rings (SSSR count). The second-order valence-corrected chi connectivity index (χ2v) is 7.87. The molecule has 0 aliphatic heterocycles. The zero-order valence-electron chi connectivity index (χ0n) is 12.4. The van der Waals surface area contributed by atoms with Crippen LogP contribution in [0.4, 0.5) is 0 Å². The van der Waals surface area contributed by atoms with Crippen LogP contribution in [0.5, 0.6) is 0 Å². The SMILES string of the molecule is CC1(C2CCCCC2)CCC2CCCCC2CC1. The molecule has 0 radical (unpaired) electrons. The van der Waals surface area contributed by atoms with Crippen molar-refractivity contribution >= 4 is 0 Å². The van der Waals surface area contributed by atoms with Gasteiger partial charge in [0.1, 0.15) is 0 Å². The van der Waals surface area contributed by atoms with Crippen LogP contribution < -0.4 is 0 Å². The molecular formula is C18H32. The Bertz CT molecular complexity index is 245. The number of hydrogen-bond donors (Lipinski definition) is 0. The summed E-state index contributed by atoms with van der Waals surface area (Å²) in [4.78, 5) is 0. The van der Waals surface area contributed by atoms with E-state index >= 15 is 0 Å². The Morgan fingerprint density at radius 3 is 1.67 bits per heavy atom. The van der Waals surface area contributed by atoms with Crippen molar-refractivity contribution < 1.29 is 0 Å². The molecule has 0 nitrogen and oxygen atoms in total. The van der Waals surface area contributed by atoms with Crippen LogP contribution in [0.2, 0.25) is 0 Å². The molecule has 3 aliphatic rings. The number of hydrogen-bond acceptors (Lipinski definition) is 0. The minimum Gasteiger partial charge on any atom is -0.0594 e. The molecule has 0 N–H and O–H groups in total. The standard InChI is InChI=1S/C18H32/c1-18(17-9-3-2-4-10-17)13-11-15-7-5-6-8-16(15)12-14-18/h15-17H,2-14H2,1H3. The quantitative estimate of drug-likeness (QED) is 0.537. The molecule has 2 unspecified atom stereocenters. The highest BCUT2D eigenvalue weighted by molar-refractivity contribution is 4.90. The highest BCUT2D eigenvalue weighted by Gasteiger charge is 2.39. The minimum atomic E-state index is 0.720. The van der Waals surface area contributed by atoms with Gasteiger partial charge in [-0.05, 0) is 61.7 Å². The van der Waals surface area contributed by atoms with Gasteiger partial charge in [-0.2, -0.15) is 0 Å². The van der Waals surface area contributed by atoms with Gasteiger partial charge in [0.15, 0.2) is 0 Å². The third-order valence-electron chi connectivity index (χ3n) is 6.83. The molecule has 3 saturated carbocycles. The van der Waals surface area contributed by atoms with Crippen LogP contribution in [0.25, 0.3) is 0 Å². The van der Waals surface area contributed by atoms with Crippen molar-refractivity contribution in [2.24, 2.45) is 23.2 Å². The first-order valence-electron chi connectivity index (χ1n) is 8.78. The average Bonchev–Trinajstić information content (AvgIpc) is 2.61. The van der Waals surface area contributed by atoms with E-state index in [0.29, 0.717) is 0 Å². The van der Waals surface area contributed by atoms with Gasteiger partial charge in [-0.25, -0.2) is 0 Å². The summed E-state index contributed by atoms with van der Waals surface area (Å²) in [5, 5.41) is 0. The molecule has 3 fully saturated rings. The van der Waals surface area contributed by atoms with Gasteiger partial charge in [-0.15, -0.1) is 0 Å². The minimum absolute atomic E-state index is 0.720. The average molecular weight is 248 g/mol. The monoisotopic (exact) mass is 248 g/mol. The van der Waals surface area contributed by atoms with Crippen molar-refractivity contribution in [1.82, 2.24) is 0 Å². The molecule has 0 saturated heterocycles. The van der Waals surface area contributed by atoms with Gasteiger partial charge in [-0.1, -0.05) is 51.9 Å². The van der Waals surface area contributed by atoms with Crippen molar-refractivity contribution in [3.05, 3.63) is 0 Å². The summed E-state index contributed by atoms with van der Waals surface area (Å²) in [6, 6.07) is 0. The van der Waals surface area contributed by atoms with E-state index in [4.69, 9.17) is 0 Å². The highest BCUT2D eigenvalue weighted by atomic mass is 14.4. The Hall–Kier alpha value is 0. The van der Waals surface area contributed by atoms with Crippen LogP contribution in [0.3, 0.4) is 0 Å². The second-order valence-electron chi connectivity index (χ2n) is 7.87. The van der Waals surface area contributed by atoms with Gasteiger partial charge < -0.3 is 0 Å². The first-order valence-corrected chi connectivity index (χ1v) is 8.78. The molecule has 0 amide bonds. The van der Waals surface area contributed by atoms with Gasteiger partial charge in [-0.3, -0.25) is 0 Å². The smallest absolute Gasteiger partial charge is 0.0297 e. The Labute approximate surface area is 114 Å². The summed E-state index contributed by atoms with van der Waals surface area (Å²) in [7, 11) is 0. The first kappa shape index (κ1) is 13.0. The summed E-state index contributed by atoms with van der Waals surface area (Å²) in [5.41, 5.74) is 0.720. The molecule has 0 heteroatoms. The maximum Gasteiger partial charge on any atom is -0.0297 e. The lowest BCUT2D eigenvalue weighted by molar-refractivity contribution is 0.114. The van der Waals surface area contributed by atoms with Crippen LogP contribution in [0, 0.1) is 23.2 Å². The topological polar surface area (TPSA) is 0 Å². The molecule has 104 valence electrons. The largest absolute Gasteiger partial charge is 0.0594 e. The van der Waals surface area contributed by atoms with Crippen molar-refractivity contribution in [2.75, 3.05) is 0 Å². The third-order valence-corrected chi connectivity index (χ3v) is 6.83.